The van der Waals surface area contributed by atoms with E-state index in [1.165, 1.54) is 0 Å². The molecule has 1 aliphatic rings. The fourth-order valence-corrected chi connectivity index (χ4v) is 3.92. The van der Waals surface area contributed by atoms with Crippen molar-refractivity contribution in [1.29, 1.82) is 0 Å². The predicted octanol–water partition coefficient (Wildman–Crippen LogP) is 1.82. The number of nitrogens with one attached hydrogen (secondary N) is 1. The first-order valence-electron chi connectivity index (χ1n) is 5.84. The van der Waals surface area contributed by atoms with Crippen molar-refractivity contribution in [3.05, 3.63) is 23.8 Å². The van der Waals surface area contributed by atoms with Crippen molar-refractivity contribution in [1.82, 2.24) is 4.31 Å². The molecule has 4 nitrogen and oxygen atoms in total. The van der Waals surface area contributed by atoms with Gasteiger partial charge >= 0.3 is 0 Å². The Balaban J connectivity index is 2.47. The Morgan fingerprint density at radius 1 is 1.24 bits per heavy atom. The molecule has 1 aromatic carbocycles. The molecule has 0 bridgehead atoms. The average molecular weight is 254 g/mol. The molecule has 1 aromatic rings. The molecule has 1 fully saturated rings. The van der Waals surface area contributed by atoms with Crippen LogP contribution < -0.4 is 5.32 Å². The van der Waals surface area contributed by atoms with Crippen LogP contribution in [-0.2, 0) is 10.0 Å². The van der Waals surface area contributed by atoms with Gasteiger partial charge in [-0.25, -0.2) is 8.42 Å². The standard InChI is InChI=1S/C12H18N2O2S/c1-10-5-6-11(13-2)12(9-10)17(15,16)14-7-3-4-8-14/h5-6,9,13H,3-4,7-8H2,1-2H3. The van der Waals surface area contributed by atoms with E-state index in [2.05, 4.69) is 5.32 Å². The first-order chi connectivity index (χ1) is 8.05. The molecule has 0 aliphatic carbocycles. The van der Waals surface area contributed by atoms with E-state index in [0.717, 1.165) is 18.4 Å². The molecule has 0 atom stereocenters. The number of sulfonamides is 1. The van der Waals surface area contributed by atoms with E-state index < -0.39 is 10.0 Å². The van der Waals surface area contributed by atoms with Crippen molar-refractivity contribution in [2.75, 3.05) is 25.5 Å². The molecule has 2 rings (SSSR count). The Labute approximate surface area is 103 Å². The molecule has 0 spiro atoms. The van der Waals surface area contributed by atoms with Gasteiger partial charge < -0.3 is 5.32 Å². The summed E-state index contributed by atoms with van der Waals surface area (Å²) in [6.45, 7) is 3.18. The quantitative estimate of drug-likeness (QED) is 0.895. The Bertz CT molecular complexity index is 505. The maximum atomic E-state index is 12.5. The molecular weight excluding hydrogens is 236 g/mol. The van der Waals surface area contributed by atoms with Gasteiger partial charge in [0.05, 0.1) is 5.69 Å². The highest BCUT2D eigenvalue weighted by Gasteiger charge is 2.29. The maximum absolute atomic E-state index is 12.5. The number of aryl methyl sites for hydroxylation is 1. The molecule has 0 aromatic heterocycles. The third kappa shape index (κ3) is 2.30. The van der Waals surface area contributed by atoms with Gasteiger partial charge in [0, 0.05) is 20.1 Å². The lowest BCUT2D eigenvalue weighted by Gasteiger charge is -2.18. The number of rotatable bonds is 3. The number of hydrogen-bond donors (Lipinski definition) is 1. The van der Waals surface area contributed by atoms with Crippen LogP contribution in [0.2, 0.25) is 0 Å². The van der Waals surface area contributed by atoms with Crippen LogP contribution in [0.1, 0.15) is 18.4 Å². The van der Waals surface area contributed by atoms with E-state index >= 15 is 0 Å². The summed E-state index contributed by atoms with van der Waals surface area (Å²) in [5, 5.41) is 2.95. The highest BCUT2D eigenvalue weighted by Crippen LogP contribution is 2.27. The summed E-state index contributed by atoms with van der Waals surface area (Å²) in [7, 11) is -1.59. The molecule has 0 saturated carbocycles. The zero-order valence-electron chi connectivity index (χ0n) is 10.2. The van der Waals surface area contributed by atoms with E-state index in [0.29, 0.717) is 23.7 Å². The van der Waals surface area contributed by atoms with Crippen molar-refractivity contribution in [3.63, 3.8) is 0 Å². The van der Waals surface area contributed by atoms with Crippen LogP contribution in [0, 0.1) is 6.92 Å². The van der Waals surface area contributed by atoms with Gasteiger partial charge in [-0.3, -0.25) is 0 Å². The lowest BCUT2D eigenvalue weighted by molar-refractivity contribution is 0.477. The van der Waals surface area contributed by atoms with Crippen LogP contribution >= 0.6 is 0 Å². The van der Waals surface area contributed by atoms with Gasteiger partial charge in [0.15, 0.2) is 0 Å². The minimum Gasteiger partial charge on any atom is -0.387 e. The van der Waals surface area contributed by atoms with Crippen LogP contribution in [0.4, 0.5) is 5.69 Å². The van der Waals surface area contributed by atoms with E-state index in [1.54, 1.807) is 17.4 Å². The fraction of sp³-hybridized carbons (Fsp3) is 0.500. The van der Waals surface area contributed by atoms with Crippen LogP contribution in [0.15, 0.2) is 23.1 Å². The summed E-state index contributed by atoms with van der Waals surface area (Å²) in [6.07, 6.45) is 1.92. The second-order valence-electron chi connectivity index (χ2n) is 4.36. The molecule has 17 heavy (non-hydrogen) atoms. The van der Waals surface area contributed by atoms with Crippen molar-refractivity contribution < 1.29 is 8.42 Å². The summed E-state index contributed by atoms with van der Waals surface area (Å²) < 4.78 is 26.5. The Morgan fingerprint density at radius 3 is 2.47 bits per heavy atom. The predicted molar refractivity (Wildman–Crippen MR) is 68.7 cm³/mol. The average Bonchev–Trinajstić information content (AvgIpc) is 2.83. The van der Waals surface area contributed by atoms with Gasteiger partial charge in [-0.15, -0.1) is 0 Å². The van der Waals surface area contributed by atoms with Crippen molar-refractivity contribution in [2.45, 2.75) is 24.7 Å². The summed E-state index contributed by atoms with van der Waals surface area (Å²) in [4.78, 5) is 0.391. The molecule has 94 valence electrons. The fourth-order valence-electron chi connectivity index (χ4n) is 2.12. The molecule has 1 aliphatic heterocycles. The minimum absolute atomic E-state index is 0.391. The maximum Gasteiger partial charge on any atom is 0.245 e. The van der Waals surface area contributed by atoms with Crippen LogP contribution in [0.3, 0.4) is 0 Å². The van der Waals surface area contributed by atoms with E-state index in [9.17, 15) is 8.42 Å². The molecule has 1 N–H and O–H groups in total. The lowest BCUT2D eigenvalue weighted by Crippen LogP contribution is -2.28. The summed E-state index contributed by atoms with van der Waals surface area (Å²) in [5.74, 6) is 0. The summed E-state index contributed by atoms with van der Waals surface area (Å²) in [6, 6.07) is 5.46. The molecule has 1 heterocycles. The Morgan fingerprint density at radius 2 is 1.88 bits per heavy atom. The molecular formula is C12H18N2O2S. The first-order valence-corrected chi connectivity index (χ1v) is 7.28. The number of anilines is 1. The largest absolute Gasteiger partial charge is 0.387 e. The molecule has 0 amide bonds. The highest BCUT2D eigenvalue weighted by atomic mass is 32.2. The highest BCUT2D eigenvalue weighted by molar-refractivity contribution is 7.89. The molecule has 0 radical (unpaired) electrons. The zero-order chi connectivity index (χ0) is 12.5. The molecule has 5 heteroatoms. The van der Waals surface area contributed by atoms with E-state index in [1.807, 2.05) is 19.1 Å². The second-order valence-corrected chi connectivity index (χ2v) is 6.27. The van der Waals surface area contributed by atoms with Crippen LogP contribution in [0.25, 0.3) is 0 Å². The first kappa shape index (κ1) is 12.4. The topological polar surface area (TPSA) is 49.4 Å². The van der Waals surface area contributed by atoms with Gasteiger partial charge in [-0.05, 0) is 37.5 Å². The normalized spacial score (nSPS) is 17.3. The number of benzene rings is 1. The van der Waals surface area contributed by atoms with Crippen molar-refractivity contribution in [2.24, 2.45) is 0 Å². The molecule has 0 unspecified atom stereocenters. The van der Waals surface area contributed by atoms with Crippen molar-refractivity contribution >= 4 is 15.7 Å². The van der Waals surface area contributed by atoms with E-state index in [4.69, 9.17) is 0 Å². The zero-order valence-corrected chi connectivity index (χ0v) is 11.0. The number of hydrogen-bond acceptors (Lipinski definition) is 3. The lowest BCUT2D eigenvalue weighted by atomic mass is 10.2. The summed E-state index contributed by atoms with van der Waals surface area (Å²) in [5.41, 5.74) is 1.63. The van der Waals surface area contributed by atoms with Crippen LogP contribution in [0.5, 0.6) is 0 Å². The monoisotopic (exact) mass is 254 g/mol. The SMILES string of the molecule is CNc1ccc(C)cc1S(=O)(=O)N1CCCC1. The van der Waals surface area contributed by atoms with Gasteiger partial charge in [0.2, 0.25) is 10.0 Å². The molecule has 1 saturated heterocycles. The summed E-state index contributed by atoms with van der Waals surface area (Å²) >= 11 is 0. The van der Waals surface area contributed by atoms with Gasteiger partial charge in [0.25, 0.3) is 0 Å². The second kappa shape index (κ2) is 4.66. The number of nitrogens with zero attached hydrogens (tertiary/aromatic N) is 1. The van der Waals surface area contributed by atoms with E-state index in [-0.39, 0.29) is 0 Å². The minimum atomic E-state index is -3.33. The van der Waals surface area contributed by atoms with Crippen LogP contribution in [-0.4, -0.2) is 32.9 Å². The van der Waals surface area contributed by atoms with Gasteiger partial charge in [-0.1, -0.05) is 6.07 Å². The third-order valence-corrected chi connectivity index (χ3v) is 5.03. The smallest absolute Gasteiger partial charge is 0.245 e. The van der Waals surface area contributed by atoms with Gasteiger partial charge in [0.1, 0.15) is 4.90 Å². The third-order valence-electron chi connectivity index (χ3n) is 3.09. The van der Waals surface area contributed by atoms with Gasteiger partial charge in [-0.2, -0.15) is 4.31 Å². The Hall–Kier alpha value is -1.07. The Kier molecular flexibility index (Phi) is 3.40. The van der Waals surface area contributed by atoms with Crippen molar-refractivity contribution in [3.8, 4) is 0 Å².